The maximum atomic E-state index is 12.2. The lowest BCUT2D eigenvalue weighted by atomic mass is 10.4. The average Bonchev–Trinajstić information content (AvgIpc) is 2.94. The summed E-state index contributed by atoms with van der Waals surface area (Å²) in [7, 11) is 0. The number of halogens is 4. The lowest BCUT2D eigenvalue weighted by molar-refractivity contribution is -0.144. The Morgan fingerprint density at radius 1 is 1.42 bits per heavy atom. The normalized spacial score (nSPS) is 14.9. The quantitative estimate of drug-likeness (QED) is 0.762. The van der Waals surface area contributed by atoms with Crippen molar-refractivity contribution in [3.8, 4) is 0 Å². The highest BCUT2D eigenvalue weighted by molar-refractivity contribution is 5.90. The predicted molar refractivity (Wildman–Crippen MR) is 62.9 cm³/mol. The number of alkyl halides is 3. The predicted octanol–water partition coefficient (Wildman–Crippen LogP) is 1.18. The number of aromatic nitrogens is 3. The van der Waals surface area contributed by atoms with Crippen LogP contribution >= 0.6 is 12.4 Å². The number of nitrogens with zero attached hydrogens (tertiary/aromatic N) is 2. The second-order valence-electron chi connectivity index (χ2n) is 4.13. The number of rotatable bonds is 5. The summed E-state index contributed by atoms with van der Waals surface area (Å²) < 4.78 is 36.5. The van der Waals surface area contributed by atoms with Crippen molar-refractivity contribution in [3.05, 3.63) is 5.82 Å². The number of hydrogen-bond donors (Lipinski definition) is 3. The molecule has 0 bridgehead atoms. The molecule has 10 heteroatoms. The molecule has 1 fully saturated rings. The fourth-order valence-corrected chi connectivity index (χ4v) is 1.33. The molecule has 0 radical (unpaired) electrons. The first-order valence-electron chi connectivity index (χ1n) is 5.45. The standard InChI is InChI=1S/C9H12F3N5O.ClH/c10-9(11,12)7-15-8(17-16-7)14-6(18)4-13-3-5-1-2-5;/h5,13H,1-4H2,(H2,14,15,16,17,18);1H. The molecule has 1 amide bonds. The van der Waals surface area contributed by atoms with Gasteiger partial charge in [-0.1, -0.05) is 0 Å². The first kappa shape index (κ1) is 15.7. The highest BCUT2D eigenvalue weighted by Crippen LogP contribution is 2.27. The molecule has 2 rings (SSSR count). The van der Waals surface area contributed by atoms with E-state index in [-0.39, 0.29) is 24.9 Å². The van der Waals surface area contributed by atoms with E-state index in [1.165, 1.54) is 0 Å². The van der Waals surface area contributed by atoms with Gasteiger partial charge in [0.05, 0.1) is 6.54 Å². The molecule has 0 aliphatic heterocycles. The Kier molecular flexibility index (Phi) is 5.12. The molecule has 1 aromatic heterocycles. The average molecular weight is 300 g/mol. The summed E-state index contributed by atoms with van der Waals surface area (Å²) in [6.07, 6.45) is -2.28. The molecule has 19 heavy (non-hydrogen) atoms. The van der Waals surface area contributed by atoms with Crippen molar-refractivity contribution in [2.75, 3.05) is 18.4 Å². The summed E-state index contributed by atoms with van der Waals surface area (Å²) >= 11 is 0. The summed E-state index contributed by atoms with van der Waals surface area (Å²) in [4.78, 5) is 14.5. The zero-order valence-corrected chi connectivity index (χ0v) is 10.6. The van der Waals surface area contributed by atoms with E-state index >= 15 is 0 Å². The molecule has 1 heterocycles. The van der Waals surface area contributed by atoms with Gasteiger partial charge in [-0.3, -0.25) is 15.2 Å². The van der Waals surface area contributed by atoms with Gasteiger partial charge in [0, 0.05) is 0 Å². The molecule has 1 aromatic rings. The Morgan fingerprint density at radius 2 is 2.11 bits per heavy atom. The Hall–Kier alpha value is -1.35. The summed E-state index contributed by atoms with van der Waals surface area (Å²) in [6, 6.07) is 0. The maximum absolute atomic E-state index is 12.2. The van der Waals surface area contributed by atoms with Crippen LogP contribution in [0.15, 0.2) is 0 Å². The number of hydrogen-bond acceptors (Lipinski definition) is 4. The lowest BCUT2D eigenvalue weighted by Gasteiger charge is -2.02. The van der Waals surface area contributed by atoms with Gasteiger partial charge in [0.15, 0.2) is 0 Å². The van der Waals surface area contributed by atoms with Gasteiger partial charge in [-0.05, 0) is 25.3 Å². The smallest absolute Gasteiger partial charge is 0.308 e. The van der Waals surface area contributed by atoms with Gasteiger partial charge in [0.2, 0.25) is 17.7 Å². The minimum atomic E-state index is -4.60. The third kappa shape index (κ3) is 5.03. The highest BCUT2D eigenvalue weighted by Gasteiger charge is 2.35. The van der Waals surface area contributed by atoms with E-state index in [9.17, 15) is 18.0 Å². The van der Waals surface area contributed by atoms with Crippen molar-refractivity contribution in [1.29, 1.82) is 0 Å². The van der Waals surface area contributed by atoms with Crippen molar-refractivity contribution in [3.63, 3.8) is 0 Å². The molecular formula is C9H13ClF3N5O. The van der Waals surface area contributed by atoms with Crippen molar-refractivity contribution in [2.24, 2.45) is 5.92 Å². The molecule has 1 aliphatic carbocycles. The number of aromatic amines is 1. The Balaban J connectivity index is 0.00000180. The second kappa shape index (κ2) is 6.20. The molecule has 1 aliphatic rings. The molecule has 0 unspecified atom stereocenters. The fraction of sp³-hybridized carbons (Fsp3) is 0.667. The van der Waals surface area contributed by atoms with Gasteiger partial charge in [-0.2, -0.15) is 18.2 Å². The van der Waals surface area contributed by atoms with Crippen LogP contribution in [0.5, 0.6) is 0 Å². The number of amides is 1. The van der Waals surface area contributed by atoms with Crippen LogP contribution < -0.4 is 10.6 Å². The summed E-state index contributed by atoms with van der Waals surface area (Å²) in [5.74, 6) is -1.45. The van der Waals surface area contributed by atoms with Crippen LogP contribution in [-0.2, 0) is 11.0 Å². The Morgan fingerprint density at radius 3 is 2.63 bits per heavy atom. The van der Waals surface area contributed by atoms with E-state index in [1.807, 2.05) is 0 Å². The monoisotopic (exact) mass is 299 g/mol. The van der Waals surface area contributed by atoms with Crippen LogP contribution in [0.4, 0.5) is 19.1 Å². The van der Waals surface area contributed by atoms with Gasteiger partial charge >= 0.3 is 6.18 Å². The summed E-state index contributed by atoms with van der Waals surface area (Å²) in [5.41, 5.74) is 0. The van der Waals surface area contributed by atoms with Crippen LogP contribution in [0.2, 0.25) is 0 Å². The maximum Gasteiger partial charge on any atom is 0.451 e. The number of anilines is 1. The molecule has 1 saturated carbocycles. The lowest BCUT2D eigenvalue weighted by Crippen LogP contribution is -2.29. The number of nitrogens with one attached hydrogen (secondary N) is 3. The molecule has 108 valence electrons. The summed E-state index contributed by atoms with van der Waals surface area (Å²) in [6.45, 7) is 0.779. The van der Waals surface area contributed by atoms with Crippen molar-refractivity contribution in [2.45, 2.75) is 19.0 Å². The van der Waals surface area contributed by atoms with Crippen LogP contribution in [0.3, 0.4) is 0 Å². The van der Waals surface area contributed by atoms with Gasteiger partial charge in [0.25, 0.3) is 0 Å². The van der Waals surface area contributed by atoms with E-state index in [2.05, 4.69) is 20.7 Å². The topological polar surface area (TPSA) is 82.7 Å². The van der Waals surface area contributed by atoms with E-state index < -0.39 is 17.9 Å². The first-order valence-corrected chi connectivity index (χ1v) is 5.45. The molecule has 0 saturated heterocycles. The van der Waals surface area contributed by atoms with Crippen LogP contribution in [0, 0.1) is 5.92 Å². The van der Waals surface area contributed by atoms with E-state index in [4.69, 9.17) is 0 Å². The SMILES string of the molecule is Cl.O=C(CNCC1CC1)Nc1n[nH]c(C(F)(F)F)n1. The third-order valence-corrected chi connectivity index (χ3v) is 2.42. The van der Waals surface area contributed by atoms with Crippen molar-refractivity contribution in [1.82, 2.24) is 20.5 Å². The van der Waals surface area contributed by atoms with E-state index in [1.54, 1.807) is 5.10 Å². The highest BCUT2D eigenvalue weighted by atomic mass is 35.5. The van der Waals surface area contributed by atoms with Gasteiger partial charge in [-0.15, -0.1) is 17.5 Å². The number of carbonyl (C=O) groups excluding carboxylic acids is 1. The number of carbonyl (C=O) groups is 1. The zero-order valence-electron chi connectivity index (χ0n) is 9.75. The zero-order chi connectivity index (χ0) is 13.2. The third-order valence-electron chi connectivity index (χ3n) is 2.42. The molecular weight excluding hydrogens is 287 g/mol. The van der Waals surface area contributed by atoms with Gasteiger partial charge in [0.1, 0.15) is 0 Å². The molecule has 0 aromatic carbocycles. The minimum Gasteiger partial charge on any atom is -0.308 e. The number of H-pyrrole nitrogens is 1. The largest absolute Gasteiger partial charge is 0.451 e. The molecule has 6 nitrogen and oxygen atoms in total. The minimum absolute atomic E-state index is 0. The molecule has 0 atom stereocenters. The molecule has 3 N–H and O–H groups in total. The molecule has 0 spiro atoms. The summed E-state index contributed by atoms with van der Waals surface area (Å²) in [5, 5.41) is 10.1. The first-order chi connectivity index (χ1) is 8.45. The Bertz CT molecular complexity index is 432. The van der Waals surface area contributed by atoms with Gasteiger partial charge in [-0.25, -0.2) is 0 Å². The van der Waals surface area contributed by atoms with Crippen LogP contribution in [0.25, 0.3) is 0 Å². The van der Waals surface area contributed by atoms with Crippen LogP contribution in [0.1, 0.15) is 18.7 Å². The van der Waals surface area contributed by atoms with Crippen LogP contribution in [-0.4, -0.2) is 34.2 Å². The second-order valence-corrected chi connectivity index (χ2v) is 4.13. The van der Waals surface area contributed by atoms with Crippen molar-refractivity contribution < 1.29 is 18.0 Å². The fourth-order valence-electron chi connectivity index (χ4n) is 1.33. The van der Waals surface area contributed by atoms with E-state index in [0.29, 0.717) is 5.92 Å². The van der Waals surface area contributed by atoms with E-state index in [0.717, 1.165) is 19.4 Å². The Labute approximate surface area is 113 Å². The van der Waals surface area contributed by atoms with Crippen molar-refractivity contribution >= 4 is 24.3 Å². The van der Waals surface area contributed by atoms with Gasteiger partial charge < -0.3 is 5.32 Å².